The van der Waals surface area contributed by atoms with E-state index in [2.05, 4.69) is 10.00 Å². The second kappa shape index (κ2) is 8.10. The third-order valence-corrected chi connectivity index (χ3v) is 7.30. The van der Waals surface area contributed by atoms with Crippen LogP contribution in [0.15, 0.2) is 41.6 Å². The zero-order valence-electron chi connectivity index (χ0n) is 16.1. The minimum absolute atomic E-state index is 0.00151. The lowest BCUT2D eigenvalue weighted by molar-refractivity contribution is 0.204. The van der Waals surface area contributed by atoms with Crippen molar-refractivity contribution in [2.45, 2.75) is 30.7 Å². The first-order chi connectivity index (χ1) is 12.8. The number of aliphatic hydroxyl groups is 1. The number of benzene rings is 1. The molecule has 0 spiro atoms. The van der Waals surface area contributed by atoms with Gasteiger partial charge in [-0.25, -0.2) is 13.1 Å². The highest BCUT2D eigenvalue weighted by Crippen LogP contribution is 2.27. The molecule has 1 aliphatic rings. The largest absolute Gasteiger partial charge is 0.396 e. The minimum Gasteiger partial charge on any atom is -0.396 e. The lowest BCUT2D eigenvalue weighted by Gasteiger charge is -2.29. The molecule has 0 radical (unpaired) electrons. The number of aromatic nitrogens is 2. The molecule has 7 nitrogen and oxygen atoms in total. The van der Waals surface area contributed by atoms with Crippen molar-refractivity contribution in [3.63, 3.8) is 0 Å². The van der Waals surface area contributed by atoms with Gasteiger partial charge in [-0.1, -0.05) is 6.07 Å². The molecule has 27 heavy (non-hydrogen) atoms. The van der Waals surface area contributed by atoms with Crippen molar-refractivity contribution < 1.29 is 13.5 Å². The van der Waals surface area contributed by atoms with Gasteiger partial charge < -0.3 is 10.0 Å². The Balaban J connectivity index is 2.00. The highest BCUT2D eigenvalue weighted by atomic mass is 32.2. The third-order valence-electron chi connectivity index (χ3n) is 5.33. The van der Waals surface area contributed by atoms with Crippen LogP contribution in [0.2, 0.25) is 0 Å². The topological polar surface area (TPSA) is 78.7 Å². The number of likely N-dealkylation sites (N-methyl/N-ethyl adjacent to an activating group) is 1. The van der Waals surface area contributed by atoms with Crippen molar-refractivity contribution in [2.24, 2.45) is 5.92 Å². The molecule has 148 valence electrons. The van der Waals surface area contributed by atoms with Gasteiger partial charge in [0.15, 0.2) is 0 Å². The molecule has 2 heterocycles. The molecule has 0 amide bonds. The first-order valence-corrected chi connectivity index (χ1v) is 10.6. The number of sulfonamides is 1. The summed E-state index contributed by atoms with van der Waals surface area (Å²) in [6, 6.07) is 7.29. The van der Waals surface area contributed by atoms with E-state index in [1.54, 1.807) is 33.5 Å². The lowest BCUT2D eigenvalue weighted by atomic mass is 10.0. The molecule has 3 rings (SSSR count). The molecule has 0 unspecified atom stereocenters. The molecule has 1 saturated heterocycles. The second-order valence-electron chi connectivity index (χ2n) is 7.47. The van der Waals surface area contributed by atoms with Gasteiger partial charge in [-0.2, -0.15) is 9.40 Å². The minimum atomic E-state index is -3.68. The Morgan fingerprint density at radius 1 is 1.26 bits per heavy atom. The summed E-state index contributed by atoms with van der Waals surface area (Å²) >= 11 is 0. The molecular formula is C19H28N4O3S. The standard InChI is InChI=1S/C19H28N4O3S/c1-15-5-7-17(23-10-4-9-20-23)11-19(15)27(25,26)22-12-16(14-24)6-8-18(13-22)21(2)3/h4-5,7,9-11,16,18,24H,6,8,12-14H2,1-3H3/t16-,18+/m0/s1. The van der Waals surface area contributed by atoms with Gasteiger partial charge in [0, 0.05) is 38.1 Å². The van der Waals surface area contributed by atoms with Gasteiger partial charge in [-0.05, 0) is 63.5 Å². The van der Waals surface area contributed by atoms with Crippen LogP contribution in [0.3, 0.4) is 0 Å². The van der Waals surface area contributed by atoms with E-state index in [1.807, 2.05) is 33.2 Å². The summed E-state index contributed by atoms with van der Waals surface area (Å²) in [6.45, 7) is 2.58. The predicted octanol–water partition coefficient (Wildman–Crippen LogP) is 1.50. The molecule has 8 heteroatoms. The van der Waals surface area contributed by atoms with Gasteiger partial charge in [-0.15, -0.1) is 0 Å². The van der Waals surface area contributed by atoms with Gasteiger partial charge in [0.25, 0.3) is 0 Å². The summed E-state index contributed by atoms with van der Waals surface area (Å²) in [5.74, 6) is -0.0423. The molecule has 1 aromatic carbocycles. The van der Waals surface area contributed by atoms with Crippen LogP contribution in [-0.2, 0) is 10.0 Å². The Bertz CT molecular complexity index is 865. The third kappa shape index (κ3) is 4.24. The lowest BCUT2D eigenvalue weighted by Crippen LogP contribution is -2.42. The summed E-state index contributed by atoms with van der Waals surface area (Å²) < 4.78 is 30.2. The van der Waals surface area contributed by atoms with Crippen molar-refractivity contribution in [1.82, 2.24) is 19.0 Å². The number of hydrogen-bond donors (Lipinski definition) is 1. The Kier molecular flexibility index (Phi) is 6.00. The summed E-state index contributed by atoms with van der Waals surface area (Å²) in [6.07, 6.45) is 5.14. The Morgan fingerprint density at radius 2 is 2.04 bits per heavy atom. The van der Waals surface area contributed by atoms with Crippen LogP contribution >= 0.6 is 0 Å². The zero-order chi connectivity index (χ0) is 19.6. The number of aryl methyl sites for hydroxylation is 1. The van der Waals surface area contributed by atoms with Gasteiger partial charge in [0.1, 0.15) is 0 Å². The van der Waals surface area contributed by atoms with Crippen molar-refractivity contribution in [3.05, 3.63) is 42.2 Å². The van der Waals surface area contributed by atoms with E-state index in [1.165, 1.54) is 0 Å². The molecule has 1 fully saturated rings. The Morgan fingerprint density at radius 3 is 2.67 bits per heavy atom. The average Bonchev–Trinajstić information content (AvgIpc) is 3.07. The number of hydrogen-bond acceptors (Lipinski definition) is 5. The summed E-state index contributed by atoms with van der Waals surface area (Å²) in [5.41, 5.74) is 1.42. The average molecular weight is 393 g/mol. The maximum absolute atomic E-state index is 13.5. The van der Waals surface area contributed by atoms with Crippen LogP contribution < -0.4 is 0 Å². The van der Waals surface area contributed by atoms with E-state index >= 15 is 0 Å². The van der Waals surface area contributed by atoms with Crippen LogP contribution in [0.25, 0.3) is 5.69 Å². The van der Waals surface area contributed by atoms with Crippen molar-refractivity contribution >= 4 is 10.0 Å². The molecule has 0 aliphatic carbocycles. The Labute approximate surface area is 161 Å². The molecule has 2 atom stereocenters. The van der Waals surface area contributed by atoms with Crippen molar-refractivity contribution in [3.8, 4) is 5.69 Å². The van der Waals surface area contributed by atoms with Gasteiger partial charge in [-0.3, -0.25) is 0 Å². The molecule has 1 N–H and O–H groups in total. The molecule has 0 bridgehead atoms. The normalized spacial score (nSPS) is 22.1. The predicted molar refractivity (Wildman–Crippen MR) is 104 cm³/mol. The van der Waals surface area contributed by atoms with Crippen molar-refractivity contribution in [2.75, 3.05) is 33.8 Å². The summed E-state index contributed by atoms with van der Waals surface area (Å²) in [7, 11) is 0.257. The van der Waals surface area contributed by atoms with E-state index in [9.17, 15) is 13.5 Å². The fourth-order valence-electron chi connectivity index (χ4n) is 3.54. The highest BCUT2D eigenvalue weighted by Gasteiger charge is 2.34. The van der Waals surface area contributed by atoms with E-state index in [-0.39, 0.29) is 18.6 Å². The number of rotatable bonds is 5. The molecule has 2 aromatic rings. The zero-order valence-corrected chi connectivity index (χ0v) is 16.9. The van der Waals surface area contributed by atoms with Gasteiger partial charge in [0.2, 0.25) is 10.0 Å². The Hall–Kier alpha value is -1.74. The summed E-state index contributed by atoms with van der Waals surface area (Å²) in [4.78, 5) is 2.36. The van der Waals surface area contributed by atoms with Crippen molar-refractivity contribution in [1.29, 1.82) is 0 Å². The fraction of sp³-hybridized carbons (Fsp3) is 0.526. The highest BCUT2D eigenvalue weighted by molar-refractivity contribution is 7.89. The number of aliphatic hydroxyl groups excluding tert-OH is 1. The molecule has 1 aliphatic heterocycles. The van der Waals surface area contributed by atoms with E-state index in [0.717, 1.165) is 12.8 Å². The van der Waals surface area contributed by atoms with Crippen LogP contribution in [0.4, 0.5) is 0 Å². The molecular weight excluding hydrogens is 364 g/mol. The summed E-state index contributed by atoms with van der Waals surface area (Å²) in [5, 5.41) is 13.9. The van der Waals surface area contributed by atoms with Crippen LogP contribution in [0.1, 0.15) is 18.4 Å². The smallest absolute Gasteiger partial charge is 0.243 e. The number of nitrogens with zero attached hydrogens (tertiary/aromatic N) is 4. The maximum Gasteiger partial charge on any atom is 0.243 e. The maximum atomic E-state index is 13.5. The first kappa shape index (κ1) is 20.0. The fourth-order valence-corrected chi connectivity index (χ4v) is 5.34. The SMILES string of the molecule is Cc1ccc(-n2cccn2)cc1S(=O)(=O)N1C[C@@H](CO)CC[C@@H](N(C)C)C1. The van der Waals surface area contributed by atoms with Gasteiger partial charge in [0.05, 0.1) is 10.6 Å². The quantitative estimate of drug-likeness (QED) is 0.834. The van der Waals surface area contributed by atoms with Crippen LogP contribution in [0.5, 0.6) is 0 Å². The van der Waals surface area contributed by atoms with Gasteiger partial charge >= 0.3 is 0 Å². The molecule has 1 aromatic heterocycles. The van der Waals surface area contributed by atoms with Crippen LogP contribution in [0, 0.1) is 12.8 Å². The van der Waals surface area contributed by atoms with E-state index in [4.69, 9.17) is 0 Å². The first-order valence-electron chi connectivity index (χ1n) is 9.21. The molecule has 0 saturated carbocycles. The monoisotopic (exact) mass is 392 g/mol. The van der Waals surface area contributed by atoms with E-state index in [0.29, 0.717) is 29.2 Å². The van der Waals surface area contributed by atoms with Crippen LogP contribution in [-0.4, -0.2) is 72.3 Å². The second-order valence-corrected chi connectivity index (χ2v) is 9.37. The van der Waals surface area contributed by atoms with E-state index < -0.39 is 10.0 Å².